The van der Waals surface area contributed by atoms with Gasteiger partial charge in [-0.1, -0.05) is 11.6 Å². The van der Waals surface area contributed by atoms with Gasteiger partial charge in [0.25, 0.3) is 0 Å². The molecule has 1 aromatic heterocycles. The fraction of sp³-hybridized carbons (Fsp3) is 0.412. The van der Waals surface area contributed by atoms with Gasteiger partial charge in [0.1, 0.15) is 23.3 Å². The first-order valence-corrected chi connectivity index (χ1v) is 10.6. The van der Waals surface area contributed by atoms with E-state index in [-0.39, 0.29) is 16.5 Å². The molecule has 0 aliphatic carbocycles. The van der Waals surface area contributed by atoms with Crippen LogP contribution >= 0.6 is 11.6 Å². The van der Waals surface area contributed by atoms with Gasteiger partial charge in [-0.05, 0) is 25.1 Å². The minimum atomic E-state index is -3.78. The van der Waals surface area contributed by atoms with Crippen LogP contribution in [0.25, 0.3) is 0 Å². The lowest BCUT2D eigenvalue weighted by Crippen LogP contribution is -2.37. The van der Waals surface area contributed by atoms with Crippen molar-refractivity contribution in [3.05, 3.63) is 40.9 Å². The van der Waals surface area contributed by atoms with Crippen LogP contribution in [0, 0.1) is 12.7 Å². The van der Waals surface area contributed by atoms with Crippen LogP contribution in [0.15, 0.2) is 29.2 Å². The number of anilines is 2. The third-order valence-corrected chi connectivity index (χ3v) is 5.83. The summed E-state index contributed by atoms with van der Waals surface area (Å²) in [7, 11) is -3.78. The van der Waals surface area contributed by atoms with Crippen LogP contribution in [-0.4, -0.2) is 57.8 Å². The van der Waals surface area contributed by atoms with Crippen molar-refractivity contribution in [2.75, 3.05) is 49.6 Å². The highest BCUT2D eigenvalue weighted by atomic mass is 35.5. The van der Waals surface area contributed by atoms with Crippen LogP contribution in [0.5, 0.6) is 0 Å². The Kier molecular flexibility index (Phi) is 6.65. The summed E-state index contributed by atoms with van der Waals surface area (Å²) in [6, 6.07) is 5.09. The average molecular weight is 430 g/mol. The molecule has 1 aromatic carbocycles. The number of morpholine rings is 1. The number of ether oxygens (including phenoxy) is 1. The topological polar surface area (TPSA) is 96.5 Å². The summed E-state index contributed by atoms with van der Waals surface area (Å²) in [5.74, 6) is 1.36. The van der Waals surface area contributed by atoms with Crippen LogP contribution in [0.1, 0.15) is 5.82 Å². The Hall–Kier alpha value is -2.01. The molecule has 2 aromatic rings. The maximum absolute atomic E-state index is 13.2. The zero-order valence-electron chi connectivity index (χ0n) is 15.3. The number of rotatable bonds is 7. The van der Waals surface area contributed by atoms with Gasteiger partial charge in [-0.25, -0.2) is 27.5 Å². The first kappa shape index (κ1) is 20.7. The quantitative estimate of drug-likeness (QED) is 0.648. The summed E-state index contributed by atoms with van der Waals surface area (Å²) < 4.78 is 45.5. The molecule has 1 saturated heterocycles. The Morgan fingerprint density at radius 3 is 2.68 bits per heavy atom. The van der Waals surface area contributed by atoms with Gasteiger partial charge in [0.05, 0.1) is 23.1 Å². The van der Waals surface area contributed by atoms with E-state index >= 15 is 0 Å². The molecule has 0 atom stereocenters. The zero-order valence-corrected chi connectivity index (χ0v) is 16.9. The van der Waals surface area contributed by atoms with E-state index in [4.69, 9.17) is 16.3 Å². The number of aryl methyl sites for hydroxylation is 1. The molecular formula is C17H21ClFN5O3S. The van der Waals surface area contributed by atoms with Gasteiger partial charge < -0.3 is 15.0 Å². The van der Waals surface area contributed by atoms with E-state index < -0.39 is 15.8 Å². The summed E-state index contributed by atoms with van der Waals surface area (Å²) in [4.78, 5) is 10.8. The number of nitrogens with one attached hydrogen (secondary N) is 2. The van der Waals surface area contributed by atoms with Crippen molar-refractivity contribution >= 4 is 33.3 Å². The molecular weight excluding hydrogens is 409 g/mol. The summed E-state index contributed by atoms with van der Waals surface area (Å²) in [5.41, 5.74) is 0. The molecule has 28 heavy (non-hydrogen) atoms. The van der Waals surface area contributed by atoms with Crippen LogP contribution in [0.3, 0.4) is 0 Å². The first-order valence-electron chi connectivity index (χ1n) is 8.72. The van der Waals surface area contributed by atoms with Crippen molar-refractivity contribution in [3.8, 4) is 0 Å². The predicted molar refractivity (Wildman–Crippen MR) is 105 cm³/mol. The first-order chi connectivity index (χ1) is 13.3. The number of nitrogens with zero attached hydrogens (tertiary/aromatic N) is 3. The normalized spacial score (nSPS) is 14.9. The lowest BCUT2D eigenvalue weighted by atomic mass is 10.3. The predicted octanol–water partition coefficient (Wildman–Crippen LogP) is 1.80. The highest BCUT2D eigenvalue weighted by molar-refractivity contribution is 7.89. The third-order valence-electron chi connectivity index (χ3n) is 4.08. The molecule has 1 aliphatic heterocycles. The molecule has 1 fully saturated rings. The van der Waals surface area contributed by atoms with E-state index in [1.165, 1.54) is 6.07 Å². The van der Waals surface area contributed by atoms with E-state index in [1.807, 2.05) is 6.07 Å². The molecule has 3 rings (SSSR count). The highest BCUT2D eigenvalue weighted by Crippen LogP contribution is 2.19. The van der Waals surface area contributed by atoms with E-state index in [1.54, 1.807) is 6.92 Å². The monoisotopic (exact) mass is 429 g/mol. The fourth-order valence-electron chi connectivity index (χ4n) is 2.70. The van der Waals surface area contributed by atoms with Gasteiger partial charge in [-0.3, -0.25) is 0 Å². The van der Waals surface area contributed by atoms with Crippen LogP contribution in [0.2, 0.25) is 5.02 Å². The maximum Gasteiger partial charge on any atom is 0.240 e. The minimum absolute atomic E-state index is 0.0913. The molecule has 1 aliphatic rings. The van der Waals surface area contributed by atoms with Crippen molar-refractivity contribution in [1.82, 2.24) is 14.7 Å². The number of aromatic nitrogens is 2. The van der Waals surface area contributed by atoms with Crippen molar-refractivity contribution < 1.29 is 17.5 Å². The SMILES string of the molecule is Cc1nc(NCCNS(=O)(=O)c2ccc(F)c(Cl)c2)cc(N2CCOCC2)n1. The van der Waals surface area contributed by atoms with Crippen molar-refractivity contribution in [2.45, 2.75) is 11.8 Å². The second-order valence-electron chi connectivity index (χ2n) is 6.16. The molecule has 0 radical (unpaired) electrons. The van der Waals surface area contributed by atoms with Crippen LogP contribution < -0.4 is 14.9 Å². The highest BCUT2D eigenvalue weighted by Gasteiger charge is 2.16. The zero-order chi connectivity index (χ0) is 20.1. The molecule has 2 heterocycles. The van der Waals surface area contributed by atoms with Crippen LogP contribution in [-0.2, 0) is 14.8 Å². The molecule has 0 unspecified atom stereocenters. The van der Waals surface area contributed by atoms with Gasteiger partial charge in [0.2, 0.25) is 10.0 Å². The molecule has 11 heteroatoms. The van der Waals surface area contributed by atoms with Gasteiger partial charge in [-0.2, -0.15) is 0 Å². The van der Waals surface area contributed by atoms with Crippen molar-refractivity contribution in [1.29, 1.82) is 0 Å². The summed E-state index contributed by atoms with van der Waals surface area (Å²) >= 11 is 5.65. The smallest absolute Gasteiger partial charge is 0.240 e. The van der Waals surface area contributed by atoms with Crippen LogP contribution in [0.4, 0.5) is 16.0 Å². The maximum atomic E-state index is 13.2. The Bertz CT molecular complexity index is 938. The summed E-state index contributed by atoms with van der Waals surface area (Å²) in [6.45, 7) is 5.06. The third kappa shape index (κ3) is 5.28. The minimum Gasteiger partial charge on any atom is -0.378 e. The number of sulfonamides is 1. The lowest BCUT2D eigenvalue weighted by molar-refractivity contribution is 0.122. The van der Waals surface area contributed by atoms with Gasteiger partial charge in [0, 0.05) is 32.2 Å². The molecule has 0 saturated carbocycles. The molecule has 2 N–H and O–H groups in total. The van der Waals surface area contributed by atoms with Crippen molar-refractivity contribution in [3.63, 3.8) is 0 Å². The Balaban J connectivity index is 1.57. The Morgan fingerprint density at radius 1 is 1.21 bits per heavy atom. The number of benzene rings is 1. The second-order valence-corrected chi connectivity index (χ2v) is 8.33. The second kappa shape index (κ2) is 8.99. The number of hydrogen-bond donors (Lipinski definition) is 2. The number of hydrogen-bond acceptors (Lipinski definition) is 7. The van der Waals surface area contributed by atoms with E-state index in [0.29, 0.717) is 31.4 Å². The average Bonchev–Trinajstić information content (AvgIpc) is 2.67. The standard InChI is InChI=1S/C17H21ClFN5O3S/c1-12-22-16(11-17(23-12)24-6-8-27-9-7-24)20-4-5-21-28(25,26)13-2-3-15(19)14(18)10-13/h2-3,10-11,21H,4-9H2,1H3,(H,20,22,23). The van der Waals surface area contributed by atoms with E-state index in [0.717, 1.165) is 31.0 Å². The summed E-state index contributed by atoms with van der Waals surface area (Å²) in [6.07, 6.45) is 0. The molecule has 0 amide bonds. The largest absolute Gasteiger partial charge is 0.378 e. The van der Waals surface area contributed by atoms with Gasteiger partial charge in [0.15, 0.2) is 0 Å². The van der Waals surface area contributed by atoms with E-state index in [9.17, 15) is 12.8 Å². The van der Waals surface area contributed by atoms with Crippen molar-refractivity contribution in [2.24, 2.45) is 0 Å². The van der Waals surface area contributed by atoms with E-state index in [2.05, 4.69) is 24.9 Å². The molecule has 8 nitrogen and oxygen atoms in total. The lowest BCUT2D eigenvalue weighted by Gasteiger charge is -2.28. The molecule has 152 valence electrons. The fourth-order valence-corrected chi connectivity index (χ4v) is 4.00. The molecule has 0 bridgehead atoms. The Morgan fingerprint density at radius 2 is 1.96 bits per heavy atom. The van der Waals surface area contributed by atoms with Gasteiger partial charge >= 0.3 is 0 Å². The van der Waals surface area contributed by atoms with Gasteiger partial charge in [-0.15, -0.1) is 0 Å². The summed E-state index contributed by atoms with van der Waals surface area (Å²) in [5, 5.41) is 2.84. The number of halogens is 2. The Labute approximate surface area is 168 Å². The molecule has 0 spiro atoms.